The molecule has 1 saturated heterocycles. The third kappa shape index (κ3) is 4.93. The van der Waals surface area contributed by atoms with Crippen molar-refractivity contribution in [1.29, 1.82) is 0 Å². The van der Waals surface area contributed by atoms with E-state index in [4.69, 9.17) is 4.74 Å². The van der Waals surface area contributed by atoms with Crippen LogP contribution in [0.15, 0.2) is 34.2 Å². The van der Waals surface area contributed by atoms with E-state index in [0.29, 0.717) is 43.6 Å². The maximum absolute atomic E-state index is 12.5. The fourth-order valence-corrected chi connectivity index (χ4v) is 4.05. The molecule has 1 fully saturated rings. The van der Waals surface area contributed by atoms with Gasteiger partial charge >= 0.3 is 0 Å². The predicted octanol–water partition coefficient (Wildman–Crippen LogP) is 0.783. The van der Waals surface area contributed by atoms with Crippen LogP contribution in [0.4, 0.5) is 0 Å². The molecule has 0 aliphatic carbocycles. The van der Waals surface area contributed by atoms with Crippen molar-refractivity contribution >= 4 is 16.0 Å². The van der Waals surface area contributed by atoms with Crippen molar-refractivity contribution in [3.63, 3.8) is 0 Å². The van der Waals surface area contributed by atoms with Crippen LogP contribution < -0.4 is 10.6 Å². The Kier molecular flexibility index (Phi) is 7.01. The number of ether oxygens (including phenoxy) is 1. The number of aliphatic imine (C=N–C) groups is 1. The quantitative estimate of drug-likeness (QED) is 0.430. The van der Waals surface area contributed by atoms with Gasteiger partial charge in [-0.25, -0.2) is 8.42 Å². The third-order valence-corrected chi connectivity index (χ3v) is 5.82. The first-order chi connectivity index (χ1) is 11.6. The van der Waals surface area contributed by atoms with Crippen molar-refractivity contribution in [2.75, 3.05) is 40.4 Å². The Bertz CT molecular complexity index is 638. The third-order valence-electron chi connectivity index (χ3n) is 3.91. The molecule has 7 nitrogen and oxygen atoms in total. The van der Waals surface area contributed by atoms with Crippen molar-refractivity contribution in [2.24, 2.45) is 4.99 Å². The number of nitrogens with zero attached hydrogens (tertiary/aromatic N) is 2. The fraction of sp³-hybridized carbons (Fsp3) is 0.562. The lowest BCUT2D eigenvalue weighted by Crippen LogP contribution is -2.38. The number of hydrogen-bond donors (Lipinski definition) is 2. The van der Waals surface area contributed by atoms with Crippen molar-refractivity contribution in [3.05, 3.63) is 29.8 Å². The van der Waals surface area contributed by atoms with E-state index in [1.165, 1.54) is 0 Å². The lowest BCUT2D eigenvalue weighted by atomic mass is 10.2. The molecule has 8 heteroatoms. The van der Waals surface area contributed by atoms with Gasteiger partial charge in [0.2, 0.25) is 10.0 Å². The van der Waals surface area contributed by atoms with Crippen molar-refractivity contribution in [3.8, 4) is 0 Å². The van der Waals surface area contributed by atoms with E-state index in [0.717, 1.165) is 18.4 Å². The van der Waals surface area contributed by atoms with Crippen LogP contribution in [0.25, 0.3) is 0 Å². The number of hydrogen-bond acceptors (Lipinski definition) is 4. The minimum absolute atomic E-state index is 0.357. The Labute approximate surface area is 144 Å². The van der Waals surface area contributed by atoms with Gasteiger partial charge in [0, 0.05) is 40.3 Å². The van der Waals surface area contributed by atoms with Gasteiger partial charge in [-0.3, -0.25) is 4.99 Å². The van der Waals surface area contributed by atoms with Crippen molar-refractivity contribution in [2.45, 2.75) is 24.3 Å². The molecule has 0 bridgehead atoms. The maximum atomic E-state index is 12.5. The molecule has 0 amide bonds. The van der Waals surface area contributed by atoms with Crippen LogP contribution in [0.2, 0.25) is 0 Å². The monoisotopic (exact) mass is 354 g/mol. The highest BCUT2D eigenvalue weighted by atomic mass is 32.2. The Morgan fingerprint density at radius 1 is 1.21 bits per heavy atom. The van der Waals surface area contributed by atoms with Crippen LogP contribution >= 0.6 is 0 Å². The molecule has 1 heterocycles. The minimum atomic E-state index is -3.34. The van der Waals surface area contributed by atoms with Gasteiger partial charge in [0.05, 0.1) is 11.5 Å². The summed E-state index contributed by atoms with van der Waals surface area (Å²) in [6, 6.07) is 7.01. The van der Waals surface area contributed by atoms with E-state index in [2.05, 4.69) is 15.6 Å². The van der Waals surface area contributed by atoms with E-state index in [1.807, 2.05) is 12.1 Å². The Morgan fingerprint density at radius 3 is 2.46 bits per heavy atom. The molecule has 1 aliphatic rings. The van der Waals surface area contributed by atoms with Crippen molar-refractivity contribution < 1.29 is 13.2 Å². The summed E-state index contributed by atoms with van der Waals surface area (Å²) < 4.78 is 31.5. The summed E-state index contributed by atoms with van der Waals surface area (Å²) >= 11 is 0. The standard InChI is InChI=1S/C16H26N4O3S/c1-17-16(18-9-12-23-2)19-13-14-5-7-15(8-6-14)24(21,22)20-10-3-4-11-20/h5-8H,3-4,9-13H2,1-2H3,(H2,17,18,19). The molecule has 0 aromatic heterocycles. The van der Waals surface area contributed by atoms with Gasteiger partial charge in [0.25, 0.3) is 0 Å². The second-order valence-corrected chi connectivity index (χ2v) is 7.54. The van der Waals surface area contributed by atoms with E-state index < -0.39 is 10.0 Å². The van der Waals surface area contributed by atoms with E-state index >= 15 is 0 Å². The zero-order valence-electron chi connectivity index (χ0n) is 14.3. The lowest BCUT2D eigenvalue weighted by Gasteiger charge is -2.16. The van der Waals surface area contributed by atoms with Crippen LogP contribution in [0, 0.1) is 0 Å². The first-order valence-corrected chi connectivity index (χ1v) is 9.54. The van der Waals surface area contributed by atoms with Gasteiger partial charge in [-0.2, -0.15) is 4.31 Å². The summed E-state index contributed by atoms with van der Waals surface area (Å²) in [7, 11) is 0.00730. The largest absolute Gasteiger partial charge is 0.383 e. The van der Waals surface area contributed by atoms with E-state index in [9.17, 15) is 8.42 Å². The van der Waals surface area contributed by atoms with Crippen LogP contribution in [-0.2, 0) is 21.3 Å². The van der Waals surface area contributed by atoms with E-state index in [-0.39, 0.29) is 0 Å². The number of guanidine groups is 1. The van der Waals surface area contributed by atoms with Gasteiger partial charge in [0.1, 0.15) is 0 Å². The summed E-state index contributed by atoms with van der Waals surface area (Å²) in [5, 5.41) is 6.31. The molecular formula is C16H26N4O3S. The zero-order valence-corrected chi connectivity index (χ0v) is 15.1. The minimum Gasteiger partial charge on any atom is -0.383 e. The Hall–Kier alpha value is -1.64. The van der Waals surface area contributed by atoms with Gasteiger partial charge in [-0.05, 0) is 30.5 Å². The van der Waals surface area contributed by atoms with Crippen LogP contribution in [-0.4, -0.2) is 59.1 Å². The first kappa shape index (κ1) is 18.7. The molecule has 0 radical (unpaired) electrons. The van der Waals surface area contributed by atoms with Gasteiger partial charge in [0.15, 0.2) is 5.96 Å². The molecule has 2 rings (SSSR count). The summed E-state index contributed by atoms with van der Waals surface area (Å²) in [4.78, 5) is 4.48. The second kappa shape index (κ2) is 9.00. The molecule has 2 N–H and O–H groups in total. The van der Waals surface area contributed by atoms with Crippen LogP contribution in [0.5, 0.6) is 0 Å². The molecule has 134 valence electrons. The normalized spacial score (nSPS) is 16.3. The Balaban J connectivity index is 1.92. The molecular weight excluding hydrogens is 328 g/mol. The molecule has 1 aromatic rings. The van der Waals surface area contributed by atoms with Crippen LogP contribution in [0.1, 0.15) is 18.4 Å². The Morgan fingerprint density at radius 2 is 1.88 bits per heavy atom. The summed E-state index contributed by atoms with van der Waals surface area (Å²) in [6.07, 6.45) is 1.88. The highest BCUT2D eigenvalue weighted by molar-refractivity contribution is 7.89. The van der Waals surface area contributed by atoms with Gasteiger partial charge < -0.3 is 15.4 Å². The SMILES string of the molecule is CN=C(NCCOC)NCc1ccc(S(=O)(=O)N2CCCC2)cc1. The molecule has 0 saturated carbocycles. The smallest absolute Gasteiger partial charge is 0.243 e. The molecule has 24 heavy (non-hydrogen) atoms. The zero-order chi connectivity index (χ0) is 17.4. The van der Waals surface area contributed by atoms with Crippen LogP contribution in [0.3, 0.4) is 0 Å². The number of rotatable bonds is 7. The fourth-order valence-electron chi connectivity index (χ4n) is 2.53. The van der Waals surface area contributed by atoms with Crippen molar-refractivity contribution in [1.82, 2.24) is 14.9 Å². The molecule has 0 unspecified atom stereocenters. The maximum Gasteiger partial charge on any atom is 0.243 e. The lowest BCUT2D eigenvalue weighted by molar-refractivity contribution is 0.203. The highest BCUT2D eigenvalue weighted by Gasteiger charge is 2.26. The average Bonchev–Trinajstić information content (AvgIpc) is 3.14. The molecule has 0 atom stereocenters. The summed E-state index contributed by atoms with van der Waals surface area (Å²) in [5.74, 6) is 0.681. The molecule has 0 spiro atoms. The first-order valence-electron chi connectivity index (χ1n) is 8.10. The number of sulfonamides is 1. The van der Waals surface area contributed by atoms with Gasteiger partial charge in [-0.1, -0.05) is 12.1 Å². The average molecular weight is 354 g/mol. The summed E-state index contributed by atoms with van der Waals surface area (Å²) in [6.45, 7) is 3.08. The topological polar surface area (TPSA) is 83.0 Å². The van der Waals surface area contributed by atoms with Gasteiger partial charge in [-0.15, -0.1) is 0 Å². The number of methoxy groups -OCH3 is 1. The highest BCUT2D eigenvalue weighted by Crippen LogP contribution is 2.20. The molecule has 1 aliphatic heterocycles. The summed E-state index contributed by atoms with van der Waals surface area (Å²) in [5.41, 5.74) is 0.991. The number of nitrogens with one attached hydrogen (secondary N) is 2. The molecule has 1 aromatic carbocycles. The van der Waals surface area contributed by atoms with E-state index in [1.54, 1.807) is 30.6 Å². The number of benzene rings is 1. The predicted molar refractivity (Wildman–Crippen MR) is 94.5 cm³/mol. The second-order valence-electron chi connectivity index (χ2n) is 5.60.